The molecule has 4 heterocycles. The number of para-hydroxylation sites is 1. The predicted molar refractivity (Wildman–Crippen MR) is 280 cm³/mol. The van der Waals surface area contributed by atoms with Crippen molar-refractivity contribution in [1.82, 2.24) is 24.6 Å². The molecule has 2 aliphatic rings. The van der Waals surface area contributed by atoms with Crippen LogP contribution in [0.4, 0.5) is 5.69 Å². The van der Waals surface area contributed by atoms with Gasteiger partial charge in [0.05, 0.1) is 65.8 Å². The monoisotopic (exact) mass is 1130 g/mol. The molecule has 0 aliphatic carbocycles. The zero-order valence-electron chi connectivity index (χ0n) is 40.8. The van der Waals surface area contributed by atoms with Crippen molar-refractivity contribution >= 4 is 100.0 Å². The van der Waals surface area contributed by atoms with Gasteiger partial charge in [0.2, 0.25) is 5.91 Å². The SMILES string of the molecule is C#CCOc1cc(-n2nc3n(c2=O)CCCC3)c(Cl)cc1Cl.CC1(C)OC(c2ccco2)CN1C(=O)C(Cl)Cl.CCc1cccc(CC)c1N(COC)C(=O)CCl.C[S+](C)C.O=C(O)CNCP(=O)([O-])O. The van der Waals surface area contributed by atoms with E-state index in [0.29, 0.717) is 51.2 Å². The second-order valence-electron chi connectivity index (χ2n) is 16.1. The molecule has 18 nitrogen and oxygen atoms in total. The Morgan fingerprint density at radius 1 is 1.10 bits per heavy atom. The van der Waals surface area contributed by atoms with Gasteiger partial charge < -0.3 is 43.0 Å². The third-order valence-corrected chi connectivity index (χ3v) is 11.6. The summed E-state index contributed by atoms with van der Waals surface area (Å²) in [6.45, 7) is 8.64. The number of aromatic nitrogens is 3. The Bertz CT molecular complexity index is 2450. The van der Waals surface area contributed by atoms with Gasteiger partial charge in [-0.25, -0.2) is 4.79 Å². The molecule has 3 N–H and O–H groups in total. The first kappa shape index (κ1) is 63.4. The maximum absolute atomic E-state index is 12.5. The van der Waals surface area contributed by atoms with E-state index in [9.17, 15) is 28.6 Å². The number of fused-ring (bicyclic) bond motifs is 1. The number of aryl methyl sites for hydroxylation is 3. The van der Waals surface area contributed by atoms with Gasteiger partial charge in [0.25, 0.3) is 5.91 Å². The third kappa shape index (κ3) is 20.6. The van der Waals surface area contributed by atoms with Crippen molar-refractivity contribution in [2.24, 2.45) is 0 Å². The summed E-state index contributed by atoms with van der Waals surface area (Å²) in [5, 5.41) is 15.0. The van der Waals surface area contributed by atoms with Crippen molar-refractivity contribution in [1.29, 1.82) is 0 Å². The average Bonchev–Trinajstić information content (AvgIpc) is 4.05. The average molecular weight is 1130 g/mol. The summed E-state index contributed by atoms with van der Waals surface area (Å²) in [6, 6.07) is 12.8. The number of carbonyl (C=O) groups excluding carboxylic acids is 2. The van der Waals surface area contributed by atoms with Crippen LogP contribution in [0.3, 0.4) is 0 Å². The molecule has 2 aromatic heterocycles. The van der Waals surface area contributed by atoms with E-state index in [2.05, 4.69) is 43.6 Å². The number of hydrogen-bond acceptors (Lipinski definition) is 12. The van der Waals surface area contributed by atoms with Gasteiger partial charge in [0.1, 0.15) is 56.0 Å². The lowest BCUT2D eigenvalue weighted by molar-refractivity contribution is -0.193. The summed E-state index contributed by atoms with van der Waals surface area (Å²) < 4.78 is 34.4. The van der Waals surface area contributed by atoms with Gasteiger partial charge in [0, 0.05) is 26.1 Å². The second-order valence-corrected chi connectivity index (χ2v) is 22.3. The van der Waals surface area contributed by atoms with Crippen molar-refractivity contribution in [3.05, 3.63) is 92.0 Å². The molecule has 0 radical (unpaired) electrons. The van der Waals surface area contributed by atoms with E-state index in [4.69, 9.17) is 93.1 Å². The Hall–Kier alpha value is -3.74. The zero-order valence-corrected chi connectivity index (χ0v) is 46.3. The highest BCUT2D eigenvalue weighted by atomic mass is 35.5. The molecule has 6 rings (SSSR count). The molecule has 4 aromatic rings. The van der Waals surface area contributed by atoms with E-state index in [1.807, 2.05) is 29.6 Å². The van der Waals surface area contributed by atoms with Crippen molar-refractivity contribution in [2.75, 3.05) is 69.4 Å². The fourth-order valence-electron chi connectivity index (χ4n) is 6.73. The van der Waals surface area contributed by atoms with Crippen LogP contribution >= 0.6 is 65.6 Å². The normalized spacial score (nSPS) is 15.2. The standard InChI is InChI=1S/C15H13Cl2N3O2.C14H20ClNO2.C11H13Cl2NO3.C3H8NO5P.C3H9S/c1-2-7-22-13-9-12(10(16)8-11(13)17)20-15(21)19-6-4-3-5-14(19)18-20;1-4-11-7-6-8-12(5-2)14(11)16(10-18-3)13(17)9-15;1-11(2)14(10(15)9(12)13)6-8(17-11)7-4-3-5-16-7;5-3(6)1-4-2-10(7,8)9;1-4(2)3/h1,8-9H,3-7H2;6-8H,4-5,9-10H2,1-3H3;3-5,8-9H,6H2,1-2H3;4H,1-2H2,(H,5,6)(H2,7,8,9);1-3H3/q;;;;+1/p-1. The Balaban J connectivity index is 0.000000325. The highest BCUT2D eigenvalue weighted by Crippen LogP contribution is 2.37. The number of halogens is 5. The Labute approximate surface area is 442 Å². The van der Waals surface area contributed by atoms with Crippen LogP contribution in [0, 0.1) is 12.3 Å². The molecule has 1 saturated heterocycles. The summed E-state index contributed by atoms with van der Waals surface area (Å²) in [6.07, 6.45) is 16.9. The zero-order chi connectivity index (χ0) is 53.6. The number of rotatable bonds is 15. The number of alkyl halides is 3. The Morgan fingerprint density at radius 3 is 2.23 bits per heavy atom. The van der Waals surface area contributed by atoms with Crippen LogP contribution in [0.5, 0.6) is 5.75 Å². The van der Waals surface area contributed by atoms with E-state index in [1.165, 1.54) is 15.6 Å². The molecule has 2 aromatic carbocycles. The van der Waals surface area contributed by atoms with Crippen molar-refractivity contribution in [3.8, 4) is 23.8 Å². The number of benzene rings is 2. The maximum Gasteiger partial charge on any atom is 0.350 e. The molecule has 71 heavy (non-hydrogen) atoms. The summed E-state index contributed by atoms with van der Waals surface area (Å²) in [4.78, 5) is 66.1. The van der Waals surface area contributed by atoms with Gasteiger partial charge in [-0.05, 0) is 79.8 Å². The lowest BCUT2D eigenvalue weighted by Gasteiger charge is -2.29. The van der Waals surface area contributed by atoms with Crippen LogP contribution in [0.2, 0.25) is 10.0 Å². The fraction of sp³-hybridized carbons (Fsp3) is 0.500. The lowest BCUT2D eigenvalue weighted by atomic mass is 10.0. The van der Waals surface area contributed by atoms with Crippen LogP contribution in [0.15, 0.2) is 57.9 Å². The van der Waals surface area contributed by atoms with Crippen LogP contribution in [0.25, 0.3) is 5.69 Å². The molecular weight excluding hydrogens is 1070 g/mol. The van der Waals surface area contributed by atoms with Gasteiger partial charge in [-0.3, -0.25) is 29.2 Å². The number of aliphatic carboxylic acids is 1. The van der Waals surface area contributed by atoms with Gasteiger partial charge in [0.15, 0.2) is 4.84 Å². The van der Waals surface area contributed by atoms with Crippen LogP contribution in [-0.2, 0) is 65.1 Å². The van der Waals surface area contributed by atoms with Gasteiger partial charge in [-0.2, -0.15) is 4.68 Å². The van der Waals surface area contributed by atoms with E-state index in [1.54, 1.807) is 48.8 Å². The van der Waals surface area contributed by atoms with Gasteiger partial charge in [-0.15, -0.1) is 23.1 Å². The van der Waals surface area contributed by atoms with Crippen molar-refractivity contribution in [2.45, 2.75) is 83.0 Å². The molecule has 0 spiro atoms. The van der Waals surface area contributed by atoms with Crippen LogP contribution in [0.1, 0.15) is 69.4 Å². The van der Waals surface area contributed by atoms with E-state index in [-0.39, 0.29) is 42.8 Å². The van der Waals surface area contributed by atoms with E-state index < -0.39 is 37.0 Å². The molecular formula is C46H62Cl5N6O12PS. The molecule has 2 aliphatic heterocycles. The number of carboxylic acids is 1. The van der Waals surface area contributed by atoms with Gasteiger partial charge in [-0.1, -0.05) is 84.4 Å². The van der Waals surface area contributed by atoms with Crippen LogP contribution in [-0.4, -0.2) is 122 Å². The molecule has 2 atom stereocenters. The number of terminal acetylenes is 1. The summed E-state index contributed by atoms with van der Waals surface area (Å²) >= 11 is 29.2. The van der Waals surface area contributed by atoms with Crippen molar-refractivity contribution in [3.63, 3.8) is 0 Å². The fourth-order valence-corrected chi connectivity index (χ4v) is 8.02. The molecule has 394 valence electrons. The minimum Gasteiger partial charge on any atom is -0.778 e. The lowest BCUT2D eigenvalue weighted by Crippen LogP contribution is -2.45. The molecule has 0 saturated carbocycles. The number of hydrogen-bond donors (Lipinski definition) is 3. The smallest absolute Gasteiger partial charge is 0.350 e. The quantitative estimate of drug-likeness (QED) is 0.0356. The molecule has 2 unspecified atom stereocenters. The minimum absolute atomic E-state index is 0.0371. The largest absolute Gasteiger partial charge is 0.778 e. The number of furan rings is 1. The Morgan fingerprint density at radius 2 is 1.73 bits per heavy atom. The Kier molecular flexibility index (Phi) is 27.8. The highest BCUT2D eigenvalue weighted by Gasteiger charge is 2.45. The molecule has 2 amide bonds. The van der Waals surface area contributed by atoms with Gasteiger partial charge >= 0.3 is 11.7 Å². The molecule has 0 bridgehead atoms. The second kappa shape index (κ2) is 31.1. The number of carbonyl (C=O) groups is 3. The van der Waals surface area contributed by atoms with Crippen LogP contribution < -0.4 is 25.5 Å². The first-order valence-corrected chi connectivity index (χ1v) is 28.2. The molecule has 25 heteroatoms. The topological polar surface area (TPSA) is 231 Å². The number of ether oxygens (including phenoxy) is 3. The van der Waals surface area contributed by atoms with E-state index in [0.717, 1.165) is 54.7 Å². The number of anilines is 1. The first-order chi connectivity index (χ1) is 33.4. The van der Waals surface area contributed by atoms with Crippen molar-refractivity contribution < 1.29 is 52.5 Å². The number of nitrogens with one attached hydrogen (secondary N) is 1. The highest BCUT2D eigenvalue weighted by molar-refractivity contribution is 7.94. The summed E-state index contributed by atoms with van der Waals surface area (Å²) in [7, 11) is -2.13. The summed E-state index contributed by atoms with van der Waals surface area (Å²) in [5.74, 6) is 2.50. The maximum atomic E-state index is 12.5. The number of amides is 2. The molecule has 1 fully saturated rings. The minimum atomic E-state index is -4.35. The number of methoxy groups -OCH3 is 1. The number of nitrogens with zero attached hydrogens (tertiary/aromatic N) is 5. The van der Waals surface area contributed by atoms with E-state index >= 15 is 0 Å². The third-order valence-electron chi connectivity index (χ3n) is 9.75. The predicted octanol–water partition coefficient (Wildman–Crippen LogP) is 7.05. The summed E-state index contributed by atoms with van der Waals surface area (Å²) in [5.41, 5.74) is 2.73. The first-order valence-electron chi connectivity index (χ1n) is 21.8. The number of carboxylic acid groups (broad SMARTS) is 1.